The zero-order valence-electron chi connectivity index (χ0n) is 9.35. The summed E-state index contributed by atoms with van der Waals surface area (Å²) in [4.78, 5) is 0. The van der Waals surface area contributed by atoms with Gasteiger partial charge in [0.2, 0.25) is 0 Å². The van der Waals surface area contributed by atoms with E-state index in [0.717, 1.165) is 6.54 Å². The molecule has 79 valence electrons. The number of rotatable bonds is 2. The largest absolute Gasteiger partial charge is 0.340 e. The molecule has 0 fully saturated rings. The standard InChI is InChI=1S/C15H14N/c1-2-11-16-14-9-5-3-7-12(14)13-8-4-6-10-15(13)16/h2-10H,11H2,1H3. The topological polar surface area (TPSA) is 4.93 Å². The van der Waals surface area contributed by atoms with Crippen molar-refractivity contribution in [2.45, 2.75) is 13.5 Å². The van der Waals surface area contributed by atoms with Gasteiger partial charge in [-0.3, -0.25) is 0 Å². The van der Waals surface area contributed by atoms with Crippen LogP contribution in [-0.2, 0) is 6.54 Å². The predicted octanol–water partition coefficient (Wildman–Crippen LogP) is 4.02. The van der Waals surface area contributed by atoms with Gasteiger partial charge >= 0.3 is 0 Å². The number of hydrogen-bond donors (Lipinski definition) is 0. The van der Waals surface area contributed by atoms with Crippen molar-refractivity contribution in [2.75, 3.05) is 0 Å². The Morgan fingerprint density at radius 2 is 1.38 bits per heavy atom. The van der Waals surface area contributed by atoms with E-state index in [1.807, 2.05) is 0 Å². The molecule has 2 aromatic carbocycles. The van der Waals surface area contributed by atoms with Crippen LogP contribution in [0.1, 0.15) is 6.92 Å². The molecule has 1 nitrogen and oxygen atoms in total. The van der Waals surface area contributed by atoms with Crippen molar-refractivity contribution in [3.63, 3.8) is 0 Å². The molecule has 0 aliphatic carbocycles. The summed E-state index contributed by atoms with van der Waals surface area (Å²) in [6.45, 7) is 3.07. The lowest BCUT2D eigenvalue weighted by Gasteiger charge is -2.04. The summed E-state index contributed by atoms with van der Waals surface area (Å²) in [6, 6.07) is 17.2. The molecular weight excluding hydrogens is 194 g/mol. The molecule has 0 unspecified atom stereocenters. The van der Waals surface area contributed by atoms with Crippen LogP contribution >= 0.6 is 0 Å². The molecule has 0 amide bonds. The Morgan fingerprint density at radius 1 is 0.875 bits per heavy atom. The molecule has 0 atom stereocenters. The highest BCUT2D eigenvalue weighted by atomic mass is 15.0. The van der Waals surface area contributed by atoms with Crippen LogP contribution in [0.25, 0.3) is 21.8 Å². The maximum Gasteiger partial charge on any atom is 0.0491 e. The number of aromatic nitrogens is 1. The summed E-state index contributed by atoms with van der Waals surface area (Å²) in [5, 5.41) is 2.69. The summed E-state index contributed by atoms with van der Waals surface area (Å²) < 4.78 is 2.37. The second-order valence-electron chi connectivity index (χ2n) is 4.05. The maximum absolute atomic E-state index is 2.37. The van der Waals surface area contributed by atoms with Crippen molar-refractivity contribution in [1.29, 1.82) is 0 Å². The lowest BCUT2D eigenvalue weighted by Crippen LogP contribution is -1.95. The van der Waals surface area contributed by atoms with Crippen molar-refractivity contribution in [1.82, 2.24) is 4.57 Å². The highest BCUT2D eigenvalue weighted by molar-refractivity contribution is 6.07. The maximum atomic E-state index is 2.37. The summed E-state index contributed by atoms with van der Waals surface area (Å²) >= 11 is 0. The van der Waals surface area contributed by atoms with Crippen molar-refractivity contribution >= 4 is 21.8 Å². The van der Waals surface area contributed by atoms with E-state index in [0.29, 0.717) is 0 Å². The molecule has 3 aromatic rings. The van der Waals surface area contributed by atoms with Crippen LogP contribution in [0.5, 0.6) is 0 Å². The number of benzene rings is 2. The van der Waals surface area contributed by atoms with Crippen molar-refractivity contribution < 1.29 is 0 Å². The molecule has 0 saturated heterocycles. The van der Waals surface area contributed by atoms with Gasteiger partial charge in [-0.2, -0.15) is 0 Å². The van der Waals surface area contributed by atoms with Crippen molar-refractivity contribution in [3.8, 4) is 0 Å². The smallest absolute Gasteiger partial charge is 0.0491 e. The molecule has 0 bridgehead atoms. The fourth-order valence-corrected chi connectivity index (χ4v) is 2.38. The van der Waals surface area contributed by atoms with Gasteiger partial charge < -0.3 is 4.57 Å². The van der Waals surface area contributed by atoms with Crippen LogP contribution < -0.4 is 0 Å². The zero-order valence-corrected chi connectivity index (χ0v) is 9.35. The lowest BCUT2D eigenvalue weighted by atomic mass is 10.2. The molecule has 1 heteroatoms. The minimum Gasteiger partial charge on any atom is -0.340 e. The summed E-state index contributed by atoms with van der Waals surface area (Å²) in [7, 11) is 0. The van der Waals surface area contributed by atoms with E-state index >= 15 is 0 Å². The molecule has 3 rings (SSSR count). The van der Waals surface area contributed by atoms with Crippen molar-refractivity contribution in [2.24, 2.45) is 0 Å². The van der Waals surface area contributed by atoms with Crippen LogP contribution in [-0.4, -0.2) is 4.57 Å². The van der Waals surface area contributed by atoms with Crippen LogP contribution in [0, 0.1) is 6.42 Å². The minimum absolute atomic E-state index is 0.966. The first-order valence-electron chi connectivity index (χ1n) is 5.65. The molecule has 1 aromatic heterocycles. The van der Waals surface area contributed by atoms with Gasteiger partial charge in [-0.1, -0.05) is 43.3 Å². The van der Waals surface area contributed by atoms with E-state index in [9.17, 15) is 0 Å². The number of para-hydroxylation sites is 2. The van der Waals surface area contributed by atoms with E-state index < -0.39 is 0 Å². The monoisotopic (exact) mass is 208 g/mol. The van der Waals surface area contributed by atoms with E-state index in [1.165, 1.54) is 21.8 Å². The first-order valence-corrected chi connectivity index (χ1v) is 5.65. The Hall–Kier alpha value is -1.76. The second-order valence-corrected chi connectivity index (χ2v) is 4.05. The molecule has 16 heavy (non-hydrogen) atoms. The van der Waals surface area contributed by atoms with Crippen LogP contribution in [0.15, 0.2) is 48.5 Å². The van der Waals surface area contributed by atoms with Gasteiger partial charge in [0.1, 0.15) is 0 Å². The Balaban J connectivity index is 2.49. The number of hydrogen-bond acceptors (Lipinski definition) is 0. The van der Waals surface area contributed by atoms with Gasteiger partial charge in [0.15, 0.2) is 0 Å². The highest BCUT2D eigenvalue weighted by Gasteiger charge is 2.07. The normalized spacial score (nSPS) is 11.3. The average molecular weight is 208 g/mol. The summed E-state index contributed by atoms with van der Waals surface area (Å²) in [6.07, 6.45) is 2.19. The molecule has 1 radical (unpaired) electrons. The van der Waals surface area contributed by atoms with Gasteiger partial charge in [-0.25, -0.2) is 0 Å². The molecule has 0 aliphatic heterocycles. The molecule has 0 N–H and O–H groups in total. The fraction of sp³-hybridized carbons (Fsp3) is 0.133. The quantitative estimate of drug-likeness (QED) is 0.599. The van der Waals surface area contributed by atoms with E-state index in [-0.39, 0.29) is 0 Å². The zero-order chi connectivity index (χ0) is 11.0. The SMILES string of the molecule is C[CH]Cn1c2ccccc2c2ccccc21. The van der Waals surface area contributed by atoms with Gasteiger partial charge in [-0.15, -0.1) is 0 Å². The number of nitrogens with zero attached hydrogens (tertiary/aromatic N) is 1. The molecule has 1 heterocycles. The Bertz CT molecular complexity index is 581. The minimum atomic E-state index is 0.966. The molecule has 0 spiro atoms. The van der Waals surface area contributed by atoms with Crippen LogP contribution in [0.2, 0.25) is 0 Å². The fourth-order valence-electron chi connectivity index (χ4n) is 2.38. The summed E-state index contributed by atoms with van der Waals surface area (Å²) in [5.41, 5.74) is 2.64. The van der Waals surface area contributed by atoms with Gasteiger partial charge in [-0.05, 0) is 18.6 Å². The Kier molecular flexibility index (Phi) is 2.17. The third-order valence-electron chi connectivity index (χ3n) is 3.05. The van der Waals surface area contributed by atoms with Crippen LogP contribution in [0.3, 0.4) is 0 Å². The highest BCUT2D eigenvalue weighted by Crippen LogP contribution is 2.28. The van der Waals surface area contributed by atoms with Crippen molar-refractivity contribution in [3.05, 3.63) is 55.0 Å². The predicted molar refractivity (Wildman–Crippen MR) is 69.4 cm³/mol. The lowest BCUT2D eigenvalue weighted by molar-refractivity contribution is 0.844. The molecule has 0 aliphatic rings. The van der Waals surface area contributed by atoms with Gasteiger partial charge in [0, 0.05) is 28.4 Å². The summed E-state index contributed by atoms with van der Waals surface area (Å²) in [5.74, 6) is 0. The van der Waals surface area contributed by atoms with Gasteiger partial charge in [0.25, 0.3) is 0 Å². The van der Waals surface area contributed by atoms with E-state index in [2.05, 4.69) is 66.4 Å². The van der Waals surface area contributed by atoms with Gasteiger partial charge in [0.05, 0.1) is 0 Å². The Morgan fingerprint density at radius 3 is 1.88 bits per heavy atom. The van der Waals surface area contributed by atoms with Crippen LogP contribution in [0.4, 0.5) is 0 Å². The molecular formula is C15H14N. The molecule has 0 saturated carbocycles. The van der Waals surface area contributed by atoms with E-state index in [1.54, 1.807) is 0 Å². The average Bonchev–Trinajstić information content (AvgIpc) is 2.66. The number of fused-ring (bicyclic) bond motifs is 3. The first-order chi connectivity index (χ1) is 7.92. The third kappa shape index (κ3) is 1.25. The Labute approximate surface area is 95.3 Å². The third-order valence-corrected chi connectivity index (χ3v) is 3.05. The second kappa shape index (κ2) is 3.67. The van der Waals surface area contributed by atoms with E-state index in [4.69, 9.17) is 0 Å². The first kappa shape index (κ1) is 9.46.